The third-order valence-electron chi connectivity index (χ3n) is 3.00. The molecule has 1 amide bonds. The lowest BCUT2D eigenvalue weighted by atomic mass is 10.0. The van der Waals surface area contributed by atoms with E-state index in [-0.39, 0.29) is 11.8 Å². The Labute approximate surface area is 103 Å². The molecule has 0 heterocycles. The number of rotatable bonds is 6. The zero-order valence-corrected chi connectivity index (χ0v) is 10.7. The number of aryl methyl sites for hydroxylation is 1. The number of anilines is 1. The first-order valence-electron chi connectivity index (χ1n) is 6.28. The van der Waals surface area contributed by atoms with Crippen LogP contribution in [0.15, 0.2) is 24.3 Å². The van der Waals surface area contributed by atoms with Gasteiger partial charge in [0.15, 0.2) is 0 Å². The van der Waals surface area contributed by atoms with Crippen molar-refractivity contribution in [3.63, 3.8) is 0 Å². The summed E-state index contributed by atoms with van der Waals surface area (Å²) < 4.78 is 0. The van der Waals surface area contributed by atoms with E-state index in [1.165, 1.54) is 5.56 Å². The van der Waals surface area contributed by atoms with Crippen molar-refractivity contribution in [1.82, 2.24) is 0 Å². The minimum absolute atomic E-state index is 0.0514. The number of hydrogen-bond acceptors (Lipinski definition) is 2. The topological polar surface area (TPSA) is 55.1 Å². The normalized spacial score (nSPS) is 12.2. The van der Waals surface area contributed by atoms with Crippen molar-refractivity contribution in [2.45, 2.75) is 33.1 Å². The first-order valence-corrected chi connectivity index (χ1v) is 6.28. The van der Waals surface area contributed by atoms with Crippen molar-refractivity contribution in [3.8, 4) is 0 Å². The van der Waals surface area contributed by atoms with Gasteiger partial charge in [-0.25, -0.2) is 0 Å². The number of nitrogens with one attached hydrogen (secondary N) is 1. The van der Waals surface area contributed by atoms with Crippen molar-refractivity contribution in [1.29, 1.82) is 0 Å². The Kier molecular flexibility index (Phi) is 5.70. The van der Waals surface area contributed by atoms with Gasteiger partial charge in [0.1, 0.15) is 0 Å². The van der Waals surface area contributed by atoms with Crippen LogP contribution in [0.4, 0.5) is 5.69 Å². The summed E-state index contributed by atoms with van der Waals surface area (Å²) in [5.74, 6) is 0.333. The van der Waals surface area contributed by atoms with Crippen LogP contribution >= 0.6 is 0 Å². The molecule has 1 aromatic rings. The third-order valence-corrected chi connectivity index (χ3v) is 3.00. The molecule has 3 N–H and O–H groups in total. The maximum absolute atomic E-state index is 11.8. The maximum atomic E-state index is 11.8. The number of carbonyl (C=O) groups excluding carboxylic acids is 1. The van der Waals surface area contributed by atoms with Crippen LogP contribution < -0.4 is 11.1 Å². The molecule has 1 aromatic carbocycles. The van der Waals surface area contributed by atoms with Crippen molar-refractivity contribution < 1.29 is 4.79 Å². The van der Waals surface area contributed by atoms with Gasteiger partial charge in [0.2, 0.25) is 5.91 Å². The predicted octanol–water partition coefficient (Wildman–Crippen LogP) is 2.56. The monoisotopic (exact) mass is 234 g/mol. The largest absolute Gasteiger partial charge is 0.330 e. The van der Waals surface area contributed by atoms with Crippen LogP contribution in [0.2, 0.25) is 0 Å². The highest BCUT2D eigenvalue weighted by Crippen LogP contribution is 2.13. The molecule has 0 bridgehead atoms. The number of nitrogens with two attached hydrogens (primary N) is 1. The van der Waals surface area contributed by atoms with Crippen molar-refractivity contribution in [3.05, 3.63) is 29.8 Å². The Hall–Kier alpha value is -1.35. The molecule has 1 atom stereocenters. The van der Waals surface area contributed by atoms with Gasteiger partial charge in [0, 0.05) is 12.1 Å². The lowest BCUT2D eigenvalue weighted by Gasteiger charge is -2.12. The van der Waals surface area contributed by atoms with Crippen molar-refractivity contribution in [2.24, 2.45) is 11.7 Å². The van der Waals surface area contributed by atoms with Crippen molar-refractivity contribution >= 4 is 11.6 Å². The average molecular weight is 234 g/mol. The first-order chi connectivity index (χ1) is 8.19. The summed E-state index contributed by atoms with van der Waals surface area (Å²) in [4.78, 5) is 11.8. The third kappa shape index (κ3) is 4.57. The van der Waals surface area contributed by atoms with Gasteiger partial charge in [0.05, 0.1) is 0 Å². The summed E-state index contributed by atoms with van der Waals surface area (Å²) in [6.07, 6.45) is 2.42. The summed E-state index contributed by atoms with van der Waals surface area (Å²) in [7, 11) is 0. The Morgan fingerprint density at radius 2 is 2.18 bits per heavy atom. The predicted molar refractivity (Wildman–Crippen MR) is 71.9 cm³/mol. The fraction of sp³-hybridized carbons (Fsp3) is 0.500. The van der Waals surface area contributed by atoms with Crippen LogP contribution in [0, 0.1) is 5.92 Å². The molecule has 0 saturated carbocycles. The minimum Gasteiger partial charge on any atom is -0.330 e. The van der Waals surface area contributed by atoms with Crippen LogP contribution in [0.25, 0.3) is 0 Å². The highest BCUT2D eigenvalue weighted by Gasteiger charge is 2.10. The molecule has 3 heteroatoms. The molecule has 3 nitrogen and oxygen atoms in total. The number of carbonyl (C=O) groups is 1. The summed E-state index contributed by atoms with van der Waals surface area (Å²) in [6.45, 7) is 4.73. The quantitative estimate of drug-likeness (QED) is 0.794. The summed E-state index contributed by atoms with van der Waals surface area (Å²) >= 11 is 0. The molecule has 0 spiro atoms. The van der Waals surface area contributed by atoms with E-state index in [4.69, 9.17) is 5.73 Å². The molecule has 0 saturated heterocycles. The van der Waals surface area contributed by atoms with Gasteiger partial charge >= 0.3 is 0 Å². The highest BCUT2D eigenvalue weighted by molar-refractivity contribution is 5.90. The lowest BCUT2D eigenvalue weighted by molar-refractivity contribution is -0.117. The zero-order chi connectivity index (χ0) is 12.7. The van der Waals surface area contributed by atoms with Gasteiger partial charge < -0.3 is 11.1 Å². The Morgan fingerprint density at radius 3 is 2.76 bits per heavy atom. The Bertz CT molecular complexity index is 359. The van der Waals surface area contributed by atoms with Crippen LogP contribution in [0.3, 0.4) is 0 Å². The van der Waals surface area contributed by atoms with Crippen LogP contribution in [-0.2, 0) is 11.2 Å². The average Bonchev–Trinajstić information content (AvgIpc) is 2.36. The summed E-state index contributed by atoms with van der Waals surface area (Å²) in [6, 6.07) is 7.96. The number of amides is 1. The molecule has 1 rings (SSSR count). The van der Waals surface area contributed by atoms with Gasteiger partial charge in [-0.1, -0.05) is 32.4 Å². The van der Waals surface area contributed by atoms with Crippen LogP contribution in [0.1, 0.15) is 32.3 Å². The second-order valence-electron chi connectivity index (χ2n) is 4.32. The molecule has 0 aliphatic heterocycles. The number of hydrogen-bond donors (Lipinski definition) is 2. The van der Waals surface area contributed by atoms with Gasteiger partial charge in [-0.05, 0) is 36.6 Å². The van der Waals surface area contributed by atoms with Crippen molar-refractivity contribution in [2.75, 3.05) is 11.9 Å². The molecule has 17 heavy (non-hydrogen) atoms. The first kappa shape index (κ1) is 13.7. The maximum Gasteiger partial charge on any atom is 0.224 e. The molecular weight excluding hydrogens is 212 g/mol. The smallest absolute Gasteiger partial charge is 0.224 e. The second-order valence-corrected chi connectivity index (χ2v) is 4.32. The zero-order valence-electron chi connectivity index (χ0n) is 10.7. The van der Waals surface area contributed by atoms with Gasteiger partial charge in [-0.2, -0.15) is 0 Å². The SMILES string of the molecule is CCc1cccc(NC(=O)CC(CC)CN)c1. The summed E-state index contributed by atoms with van der Waals surface area (Å²) in [5.41, 5.74) is 7.70. The second kappa shape index (κ2) is 7.07. The molecule has 0 fully saturated rings. The lowest BCUT2D eigenvalue weighted by Crippen LogP contribution is -2.21. The Morgan fingerprint density at radius 1 is 1.41 bits per heavy atom. The van der Waals surface area contributed by atoms with Gasteiger partial charge in [0.25, 0.3) is 0 Å². The van der Waals surface area contributed by atoms with E-state index in [0.29, 0.717) is 13.0 Å². The van der Waals surface area contributed by atoms with E-state index in [0.717, 1.165) is 18.5 Å². The van der Waals surface area contributed by atoms with Crippen LogP contribution in [0.5, 0.6) is 0 Å². The van der Waals surface area contributed by atoms with Gasteiger partial charge in [-0.3, -0.25) is 4.79 Å². The van der Waals surface area contributed by atoms with E-state index in [1.54, 1.807) is 0 Å². The summed E-state index contributed by atoms with van der Waals surface area (Å²) in [5, 5.41) is 2.92. The van der Waals surface area contributed by atoms with E-state index in [1.807, 2.05) is 18.2 Å². The van der Waals surface area contributed by atoms with Gasteiger partial charge in [-0.15, -0.1) is 0 Å². The van der Waals surface area contributed by atoms with E-state index in [2.05, 4.69) is 25.2 Å². The molecule has 0 radical (unpaired) electrons. The van der Waals surface area contributed by atoms with Crippen LogP contribution in [-0.4, -0.2) is 12.5 Å². The van der Waals surface area contributed by atoms with E-state index < -0.39 is 0 Å². The molecule has 1 unspecified atom stereocenters. The molecule has 0 aliphatic carbocycles. The van der Waals surface area contributed by atoms with E-state index >= 15 is 0 Å². The highest BCUT2D eigenvalue weighted by atomic mass is 16.1. The molecular formula is C14H22N2O. The fourth-order valence-electron chi connectivity index (χ4n) is 1.74. The minimum atomic E-state index is 0.0514. The fourth-order valence-corrected chi connectivity index (χ4v) is 1.74. The number of benzene rings is 1. The van der Waals surface area contributed by atoms with E-state index in [9.17, 15) is 4.79 Å². The molecule has 94 valence electrons. The standard InChI is InChI=1S/C14H22N2O/c1-3-11-6-5-7-13(8-11)16-14(17)9-12(4-2)10-15/h5-8,12H,3-4,9-10,15H2,1-2H3,(H,16,17). The molecule has 0 aliphatic rings. The molecule has 0 aromatic heterocycles. The Balaban J connectivity index is 2.55.